The number of nitrogens with two attached hydrogens (primary N) is 1. The van der Waals surface area contributed by atoms with Crippen LogP contribution in [-0.4, -0.2) is 46.8 Å². The molecule has 5 N–H and O–H groups in total. The number of alkyl halides is 3. The fraction of sp³-hybridized carbons (Fsp3) is 0.250. The number of aliphatic hydroxyl groups excluding tert-OH is 2. The lowest BCUT2D eigenvalue weighted by Gasteiger charge is -2.43. The van der Waals surface area contributed by atoms with Crippen LogP contribution < -0.4 is 10.6 Å². The molecule has 1 unspecified atom stereocenters. The van der Waals surface area contributed by atoms with E-state index in [2.05, 4.69) is 0 Å². The monoisotopic (exact) mass is 517 g/mol. The van der Waals surface area contributed by atoms with Crippen LogP contribution in [-0.2, 0) is 15.7 Å². The number of hydrogen-bond donors (Lipinski definition) is 4. The highest BCUT2D eigenvalue weighted by molar-refractivity contribution is 6.10. The number of aliphatic hydroxyl groups is 2. The number of halogens is 3. The SMILES string of the molecule is COC(=O)C1=C(C)N(c2cccc(C(F)(F)F)c2)C(=N)N(C(N)=O)[C@@H]1c1ccc(C#N)cc1C(O)CO. The van der Waals surface area contributed by atoms with E-state index < -0.39 is 48.5 Å². The maximum atomic E-state index is 13.4. The molecule has 2 amide bonds. The maximum Gasteiger partial charge on any atom is 0.416 e. The Labute approximate surface area is 209 Å². The van der Waals surface area contributed by atoms with Crippen LogP contribution in [0.4, 0.5) is 23.7 Å². The molecule has 0 bridgehead atoms. The summed E-state index contributed by atoms with van der Waals surface area (Å²) in [6.07, 6.45) is -6.26. The number of primary amides is 1. The average Bonchev–Trinajstić information content (AvgIpc) is 2.86. The third-order valence-corrected chi connectivity index (χ3v) is 5.81. The number of esters is 1. The molecule has 0 aromatic heterocycles. The van der Waals surface area contributed by atoms with Crippen molar-refractivity contribution in [2.45, 2.75) is 25.2 Å². The van der Waals surface area contributed by atoms with Crippen molar-refractivity contribution in [1.29, 1.82) is 10.7 Å². The molecular weight excluding hydrogens is 495 g/mol. The number of allylic oxidation sites excluding steroid dienone is 1. The maximum absolute atomic E-state index is 13.4. The van der Waals surface area contributed by atoms with E-state index in [1.165, 1.54) is 31.2 Å². The van der Waals surface area contributed by atoms with Crippen molar-refractivity contribution in [3.63, 3.8) is 0 Å². The predicted molar refractivity (Wildman–Crippen MR) is 124 cm³/mol. The van der Waals surface area contributed by atoms with Gasteiger partial charge in [0.25, 0.3) is 0 Å². The molecule has 0 spiro atoms. The largest absolute Gasteiger partial charge is 0.466 e. The van der Waals surface area contributed by atoms with E-state index in [4.69, 9.17) is 15.9 Å². The van der Waals surface area contributed by atoms with Gasteiger partial charge in [-0.2, -0.15) is 18.4 Å². The molecule has 2 aromatic carbocycles. The van der Waals surface area contributed by atoms with Crippen LogP contribution in [0.3, 0.4) is 0 Å². The molecule has 194 valence electrons. The topological polar surface area (TPSA) is 164 Å². The number of methoxy groups -OCH3 is 1. The minimum absolute atomic E-state index is 0.0348. The summed E-state index contributed by atoms with van der Waals surface area (Å²) in [5.74, 6) is -1.68. The van der Waals surface area contributed by atoms with Crippen molar-refractivity contribution < 1.29 is 37.7 Å². The van der Waals surface area contributed by atoms with E-state index in [9.17, 15) is 38.2 Å². The number of ether oxygens (including phenoxy) is 1. The summed E-state index contributed by atoms with van der Waals surface area (Å²) in [5.41, 5.74) is 4.15. The molecule has 0 fully saturated rings. The summed E-state index contributed by atoms with van der Waals surface area (Å²) < 4.78 is 45.0. The molecule has 0 aliphatic carbocycles. The van der Waals surface area contributed by atoms with E-state index in [0.29, 0.717) is 4.90 Å². The first-order valence-electron chi connectivity index (χ1n) is 10.6. The zero-order valence-electron chi connectivity index (χ0n) is 19.6. The van der Waals surface area contributed by atoms with E-state index in [1.807, 2.05) is 6.07 Å². The Hall–Kier alpha value is -4.41. The normalized spacial score (nSPS) is 16.9. The number of hydrogen-bond acceptors (Lipinski definition) is 7. The standard InChI is InChI=1S/C24H22F3N5O5/c1-12-19(21(35)37-2)20(16-7-6-13(10-28)8-17(16)18(34)11-33)32(23(30)36)22(29)31(12)15-5-3-4-14(9-15)24(25,26)27/h3-9,18,20,29,33-34H,11H2,1-2H3,(H2,30,36)/t18?,20-/m1/s1. The van der Waals surface area contributed by atoms with E-state index in [1.54, 1.807) is 0 Å². The molecule has 1 aliphatic heterocycles. The van der Waals surface area contributed by atoms with Crippen LogP contribution >= 0.6 is 0 Å². The average molecular weight is 517 g/mol. The van der Waals surface area contributed by atoms with Crippen molar-refractivity contribution in [2.24, 2.45) is 5.73 Å². The van der Waals surface area contributed by atoms with E-state index >= 15 is 0 Å². The van der Waals surface area contributed by atoms with Crippen LogP contribution in [0, 0.1) is 16.7 Å². The number of nitrogens with zero attached hydrogens (tertiary/aromatic N) is 3. The fourth-order valence-electron chi connectivity index (χ4n) is 4.15. The van der Waals surface area contributed by atoms with Crippen molar-refractivity contribution in [3.05, 3.63) is 76.0 Å². The molecule has 1 heterocycles. The van der Waals surface area contributed by atoms with Gasteiger partial charge in [0.2, 0.25) is 5.96 Å². The first-order valence-corrected chi connectivity index (χ1v) is 10.6. The number of urea groups is 1. The van der Waals surface area contributed by atoms with Crippen LogP contribution in [0.2, 0.25) is 0 Å². The van der Waals surface area contributed by atoms with Gasteiger partial charge in [0, 0.05) is 11.4 Å². The van der Waals surface area contributed by atoms with Gasteiger partial charge in [-0.25, -0.2) is 9.59 Å². The van der Waals surface area contributed by atoms with Gasteiger partial charge in [0.05, 0.1) is 36.5 Å². The Balaban J connectivity index is 2.37. The summed E-state index contributed by atoms with van der Waals surface area (Å²) in [6.45, 7) is 0.563. The summed E-state index contributed by atoms with van der Waals surface area (Å²) >= 11 is 0. The first-order chi connectivity index (χ1) is 17.4. The quantitative estimate of drug-likeness (QED) is 0.443. The highest BCUT2D eigenvalue weighted by Gasteiger charge is 2.45. The minimum Gasteiger partial charge on any atom is -0.466 e. The fourth-order valence-corrected chi connectivity index (χ4v) is 4.15. The van der Waals surface area contributed by atoms with Crippen molar-refractivity contribution in [1.82, 2.24) is 4.90 Å². The lowest BCUT2D eigenvalue weighted by molar-refractivity contribution is -0.138. The zero-order valence-corrected chi connectivity index (χ0v) is 19.6. The minimum atomic E-state index is -4.71. The molecule has 3 rings (SSSR count). The molecule has 37 heavy (non-hydrogen) atoms. The lowest BCUT2D eigenvalue weighted by atomic mass is 9.87. The predicted octanol–water partition coefficient (Wildman–Crippen LogP) is 2.93. The van der Waals surface area contributed by atoms with Gasteiger partial charge >= 0.3 is 18.2 Å². The van der Waals surface area contributed by atoms with Crippen LogP contribution in [0.15, 0.2) is 53.7 Å². The van der Waals surface area contributed by atoms with Gasteiger partial charge in [0.1, 0.15) is 12.1 Å². The number of carbonyl (C=O) groups excluding carboxylic acids is 2. The van der Waals surface area contributed by atoms with E-state index in [0.717, 1.165) is 30.2 Å². The zero-order chi connectivity index (χ0) is 27.7. The van der Waals surface area contributed by atoms with Crippen LogP contribution in [0.25, 0.3) is 0 Å². The Kier molecular flexibility index (Phi) is 7.56. The number of nitriles is 1. The lowest BCUT2D eigenvalue weighted by Crippen LogP contribution is -2.55. The molecular formula is C24H22F3N5O5. The number of rotatable bonds is 5. The molecule has 2 atom stereocenters. The van der Waals surface area contributed by atoms with Gasteiger partial charge < -0.3 is 20.7 Å². The summed E-state index contributed by atoms with van der Waals surface area (Å²) in [6, 6.07) is 6.96. The van der Waals surface area contributed by atoms with Crippen LogP contribution in [0.1, 0.15) is 41.3 Å². The second-order valence-corrected chi connectivity index (χ2v) is 7.96. The van der Waals surface area contributed by atoms with Crippen molar-refractivity contribution in [2.75, 3.05) is 18.6 Å². The van der Waals surface area contributed by atoms with Gasteiger partial charge in [-0.05, 0) is 48.4 Å². The van der Waals surface area contributed by atoms with Crippen LogP contribution in [0.5, 0.6) is 0 Å². The molecule has 10 nitrogen and oxygen atoms in total. The second kappa shape index (κ2) is 10.3. The number of guanidine groups is 1. The Bertz CT molecular complexity index is 1330. The molecule has 13 heteroatoms. The van der Waals surface area contributed by atoms with Gasteiger partial charge in [-0.1, -0.05) is 12.1 Å². The second-order valence-electron chi connectivity index (χ2n) is 7.96. The van der Waals surface area contributed by atoms with Gasteiger partial charge in [0.15, 0.2) is 0 Å². The molecule has 0 saturated carbocycles. The van der Waals surface area contributed by atoms with Crippen molar-refractivity contribution >= 4 is 23.6 Å². The summed E-state index contributed by atoms with van der Waals surface area (Å²) in [7, 11) is 1.05. The van der Waals surface area contributed by atoms with Crippen molar-refractivity contribution in [3.8, 4) is 6.07 Å². The Morgan fingerprint density at radius 1 is 1.27 bits per heavy atom. The highest BCUT2D eigenvalue weighted by atomic mass is 19.4. The number of benzene rings is 2. The smallest absolute Gasteiger partial charge is 0.416 e. The van der Waals surface area contributed by atoms with E-state index in [-0.39, 0.29) is 33.6 Å². The first kappa shape index (κ1) is 27.2. The van der Waals surface area contributed by atoms with Gasteiger partial charge in [-0.3, -0.25) is 15.2 Å². The highest BCUT2D eigenvalue weighted by Crippen LogP contribution is 2.42. The number of nitrogens with one attached hydrogen (secondary N) is 1. The van der Waals surface area contributed by atoms with Gasteiger partial charge in [-0.15, -0.1) is 0 Å². The Morgan fingerprint density at radius 3 is 2.49 bits per heavy atom. The molecule has 0 saturated heterocycles. The Morgan fingerprint density at radius 2 is 1.95 bits per heavy atom. The summed E-state index contributed by atoms with van der Waals surface area (Å²) in [5, 5.41) is 38.0. The number of amides is 2. The molecule has 1 aliphatic rings. The molecule has 2 aromatic rings. The third-order valence-electron chi connectivity index (χ3n) is 5.81. The number of carbonyl (C=O) groups is 2. The summed E-state index contributed by atoms with van der Waals surface area (Å²) in [4.78, 5) is 27.2. The number of anilines is 1. The molecule has 0 radical (unpaired) electrons. The third kappa shape index (κ3) is 4.97.